The van der Waals surface area contributed by atoms with Gasteiger partial charge >= 0.3 is 0 Å². The van der Waals surface area contributed by atoms with Gasteiger partial charge < -0.3 is 15.1 Å². The highest BCUT2D eigenvalue weighted by molar-refractivity contribution is 7.13. The van der Waals surface area contributed by atoms with Crippen molar-refractivity contribution in [3.63, 3.8) is 0 Å². The van der Waals surface area contributed by atoms with Gasteiger partial charge in [0.05, 0.1) is 5.69 Å². The fraction of sp³-hybridized carbons (Fsp3) is 0.773. The van der Waals surface area contributed by atoms with Crippen LogP contribution in [0.25, 0.3) is 0 Å². The number of likely N-dealkylation sites (tertiary alicyclic amines) is 1. The Kier molecular flexibility index (Phi) is 6.73. The summed E-state index contributed by atoms with van der Waals surface area (Å²) in [6.07, 6.45) is 9.37. The van der Waals surface area contributed by atoms with Gasteiger partial charge in [-0.15, -0.1) is 11.3 Å². The number of amides is 2. The number of carbonyl (C=O) groups excluding carboxylic acids is 2. The molecule has 3 fully saturated rings. The van der Waals surface area contributed by atoms with Gasteiger partial charge in [0.2, 0.25) is 11.8 Å². The predicted octanol–water partition coefficient (Wildman–Crippen LogP) is 3.36. The van der Waals surface area contributed by atoms with Crippen LogP contribution in [0, 0.1) is 18.8 Å². The lowest BCUT2D eigenvalue weighted by atomic mass is 9.87. The van der Waals surface area contributed by atoms with Crippen molar-refractivity contribution in [3.8, 4) is 0 Å². The van der Waals surface area contributed by atoms with E-state index >= 15 is 0 Å². The largest absolute Gasteiger partial charge is 0.353 e. The Labute approximate surface area is 178 Å². The van der Waals surface area contributed by atoms with E-state index in [1.807, 2.05) is 11.8 Å². The monoisotopic (exact) mass is 418 g/mol. The molecule has 160 valence electrons. The molecule has 0 bridgehead atoms. The number of carbonyl (C=O) groups is 2. The lowest BCUT2D eigenvalue weighted by Gasteiger charge is -2.36. The first-order chi connectivity index (χ1) is 14.1. The minimum absolute atomic E-state index is 0.106. The van der Waals surface area contributed by atoms with Crippen LogP contribution in [0.5, 0.6) is 0 Å². The minimum atomic E-state index is 0.106. The Morgan fingerprint density at radius 1 is 0.966 bits per heavy atom. The molecule has 0 spiro atoms. The molecule has 1 aromatic heterocycles. The molecule has 1 aromatic rings. The molecule has 1 N–H and O–H groups in total. The summed E-state index contributed by atoms with van der Waals surface area (Å²) < 4.78 is 0. The molecular formula is C22H34N4O2S. The van der Waals surface area contributed by atoms with E-state index in [0.717, 1.165) is 75.5 Å². The Morgan fingerprint density at radius 3 is 2.28 bits per heavy atom. The van der Waals surface area contributed by atoms with Crippen molar-refractivity contribution >= 4 is 28.3 Å². The molecule has 0 aromatic carbocycles. The topological polar surface area (TPSA) is 65.5 Å². The van der Waals surface area contributed by atoms with Crippen LogP contribution in [0.1, 0.15) is 63.5 Å². The number of hydrogen-bond acceptors (Lipinski definition) is 5. The van der Waals surface area contributed by atoms with Gasteiger partial charge in [-0.25, -0.2) is 4.98 Å². The molecule has 0 radical (unpaired) electrons. The Hall–Kier alpha value is -1.63. The highest BCUT2D eigenvalue weighted by Crippen LogP contribution is 2.28. The van der Waals surface area contributed by atoms with E-state index in [0.29, 0.717) is 5.91 Å². The van der Waals surface area contributed by atoms with Crippen molar-refractivity contribution < 1.29 is 9.59 Å². The van der Waals surface area contributed by atoms with Gasteiger partial charge in [-0.1, -0.05) is 19.3 Å². The lowest BCUT2D eigenvalue weighted by Crippen LogP contribution is -2.50. The number of aromatic nitrogens is 1. The van der Waals surface area contributed by atoms with E-state index in [4.69, 9.17) is 0 Å². The van der Waals surface area contributed by atoms with Crippen LogP contribution in [0.15, 0.2) is 5.38 Å². The summed E-state index contributed by atoms with van der Waals surface area (Å²) in [6, 6.07) is 0.220. The third-order valence-electron chi connectivity index (χ3n) is 6.85. The van der Waals surface area contributed by atoms with Crippen LogP contribution in [-0.2, 0) is 9.59 Å². The second-order valence-corrected chi connectivity index (χ2v) is 9.81. The SMILES string of the molecule is Cc1csc(N2CCC(C(=O)NC3CCN(C(=O)C4CCCCC4)CC3)CC2)n1. The van der Waals surface area contributed by atoms with Crippen molar-refractivity contribution in [1.82, 2.24) is 15.2 Å². The molecule has 2 aliphatic heterocycles. The van der Waals surface area contributed by atoms with Gasteiger partial charge in [-0.2, -0.15) is 0 Å². The van der Waals surface area contributed by atoms with Gasteiger partial charge in [0.15, 0.2) is 5.13 Å². The average molecular weight is 419 g/mol. The van der Waals surface area contributed by atoms with Gasteiger partial charge in [-0.3, -0.25) is 9.59 Å². The number of anilines is 1. The van der Waals surface area contributed by atoms with E-state index in [1.165, 1.54) is 19.3 Å². The van der Waals surface area contributed by atoms with E-state index in [2.05, 4.69) is 20.6 Å². The number of thiazole rings is 1. The first-order valence-electron chi connectivity index (χ1n) is 11.4. The van der Waals surface area contributed by atoms with Crippen LogP contribution in [0.4, 0.5) is 5.13 Å². The molecule has 2 saturated heterocycles. The lowest BCUT2D eigenvalue weighted by molar-refractivity contribution is -0.137. The molecule has 1 aliphatic carbocycles. The number of hydrogen-bond donors (Lipinski definition) is 1. The second kappa shape index (κ2) is 9.45. The molecule has 7 heteroatoms. The Balaban J connectivity index is 1.19. The zero-order valence-corrected chi connectivity index (χ0v) is 18.4. The van der Waals surface area contributed by atoms with E-state index in [1.54, 1.807) is 11.3 Å². The molecular weight excluding hydrogens is 384 g/mol. The van der Waals surface area contributed by atoms with Gasteiger partial charge in [0.25, 0.3) is 0 Å². The van der Waals surface area contributed by atoms with E-state index in [9.17, 15) is 9.59 Å². The fourth-order valence-electron chi connectivity index (χ4n) is 4.99. The van der Waals surface area contributed by atoms with Crippen molar-refractivity contribution in [2.75, 3.05) is 31.1 Å². The highest BCUT2D eigenvalue weighted by atomic mass is 32.1. The molecule has 3 aliphatic rings. The van der Waals surface area contributed by atoms with Crippen LogP contribution < -0.4 is 10.2 Å². The fourth-order valence-corrected chi connectivity index (χ4v) is 5.85. The van der Waals surface area contributed by atoms with Gasteiger partial charge in [0, 0.05) is 49.4 Å². The number of aryl methyl sites for hydroxylation is 1. The van der Waals surface area contributed by atoms with Gasteiger partial charge in [0.1, 0.15) is 0 Å². The van der Waals surface area contributed by atoms with Crippen molar-refractivity contribution in [1.29, 1.82) is 0 Å². The summed E-state index contributed by atoms with van der Waals surface area (Å²) in [6.45, 7) is 5.41. The Morgan fingerprint density at radius 2 is 1.66 bits per heavy atom. The highest BCUT2D eigenvalue weighted by Gasteiger charge is 2.31. The van der Waals surface area contributed by atoms with Gasteiger partial charge in [-0.05, 0) is 45.4 Å². The molecule has 4 rings (SSSR count). The van der Waals surface area contributed by atoms with Crippen LogP contribution in [-0.4, -0.2) is 53.9 Å². The first-order valence-corrected chi connectivity index (χ1v) is 12.2. The molecule has 1 saturated carbocycles. The number of piperidine rings is 2. The first kappa shape index (κ1) is 20.6. The maximum Gasteiger partial charge on any atom is 0.225 e. The summed E-state index contributed by atoms with van der Waals surface area (Å²) in [5.41, 5.74) is 1.07. The minimum Gasteiger partial charge on any atom is -0.353 e. The molecule has 0 unspecified atom stereocenters. The van der Waals surface area contributed by atoms with Crippen LogP contribution >= 0.6 is 11.3 Å². The molecule has 3 heterocycles. The maximum absolute atomic E-state index is 12.8. The standard InChI is InChI=1S/C22H34N4O2S/c1-16-15-29-22(23-16)26-11-7-17(8-12-26)20(27)24-19-9-13-25(14-10-19)21(28)18-5-3-2-4-6-18/h15,17-19H,2-14H2,1H3,(H,24,27). The van der Waals surface area contributed by atoms with E-state index in [-0.39, 0.29) is 23.8 Å². The van der Waals surface area contributed by atoms with Crippen LogP contribution in [0.2, 0.25) is 0 Å². The number of nitrogens with one attached hydrogen (secondary N) is 1. The number of rotatable bonds is 4. The molecule has 6 nitrogen and oxygen atoms in total. The summed E-state index contributed by atoms with van der Waals surface area (Å²) in [5.74, 6) is 0.923. The smallest absolute Gasteiger partial charge is 0.225 e. The summed E-state index contributed by atoms with van der Waals surface area (Å²) in [7, 11) is 0. The zero-order chi connectivity index (χ0) is 20.2. The van der Waals surface area contributed by atoms with Crippen molar-refractivity contribution in [2.24, 2.45) is 11.8 Å². The third-order valence-corrected chi connectivity index (χ3v) is 7.87. The normalized spacial score (nSPS) is 22.7. The van der Waals surface area contributed by atoms with E-state index < -0.39 is 0 Å². The number of nitrogens with zero attached hydrogens (tertiary/aromatic N) is 3. The summed E-state index contributed by atoms with van der Waals surface area (Å²) >= 11 is 1.69. The summed E-state index contributed by atoms with van der Waals surface area (Å²) in [5, 5.41) is 6.44. The predicted molar refractivity (Wildman–Crippen MR) is 116 cm³/mol. The zero-order valence-electron chi connectivity index (χ0n) is 17.6. The summed E-state index contributed by atoms with van der Waals surface area (Å²) in [4.78, 5) is 34.4. The van der Waals surface area contributed by atoms with Crippen molar-refractivity contribution in [2.45, 2.75) is 70.8 Å². The third kappa shape index (κ3) is 5.11. The maximum atomic E-state index is 12.8. The Bertz CT molecular complexity index is 699. The van der Waals surface area contributed by atoms with Crippen molar-refractivity contribution in [3.05, 3.63) is 11.1 Å². The molecule has 2 amide bonds. The second-order valence-electron chi connectivity index (χ2n) is 8.98. The molecule has 29 heavy (non-hydrogen) atoms. The molecule has 0 atom stereocenters. The average Bonchev–Trinajstić information content (AvgIpc) is 3.21. The quantitative estimate of drug-likeness (QED) is 0.814. The van der Waals surface area contributed by atoms with Crippen LogP contribution in [0.3, 0.4) is 0 Å².